The molecule has 0 saturated heterocycles. The van der Waals surface area contributed by atoms with E-state index in [1.807, 2.05) is 6.08 Å². The summed E-state index contributed by atoms with van der Waals surface area (Å²) in [6.45, 7) is 4.92. The normalized spacial score (nSPS) is 15.5. The van der Waals surface area contributed by atoms with E-state index in [9.17, 15) is 9.59 Å². The number of amides is 2. The molecular weight excluding hydrogens is 248 g/mol. The van der Waals surface area contributed by atoms with E-state index >= 15 is 0 Å². The number of nitrogens with one attached hydrogen (secondary N) is 2. The molecule has 1 atom stereocenters. The molecule has 1 saturated carbocycles. The zero-order chi connectivity index (χ0) is 14.5. The van der Waals surface area contributed by atoms with E-state index in [1.54, 1.807) is 20.8 Å². The second-order valence-corrected chi connectivity index (χ2v) is 5.54. The van der Waals surface area contributed by atoms with E-state index in [1.165, 1.54) is 5.57 Å². The van der Waals surface area contributed by atoms with Crippen LogP contribution in [0.3, 0.4) is 0 Å². The largest absolute Gasteiger partial charge is 0.444 e. The summed E-state index contributed by atoms with van der Waals surface area (Å²) >= 11 is 0. The van der Waals surface area contributed by atoms with E-state index in [-0.39, 0.29) is 25.1 Å². The van der Waals surface area contributed by atoms with Crippen LogP contribution in [-0.2, 0) is 9.53 Å². The monoisotopic (exact) mass is 270 g/mol. The molecule has 0 radical (unpaired) electrons. The second-order valence-electron chi connectivity index (χ2n) is 5.54. The number of aliphatic hydroxyl groups excluding tert-OH is 1. The number of aliphatic hydroxyl groups is 1. The third-order valence-electron chi connectivity index (χ3n) is 2.31. The van der Waals surface area contributed by atoms with Gasteiger partial charge in [-0.1, -0.05) is 11.6 Å². The van der Waals surface area contributed by atoms with Crippen molar-refractivity contribution < 1.29 is 19.4 Å². The van der Waals surface area contributed by atoms with Crippen molar-refractivity contribution in [1.29, 1.82) is 0 Å². The zero-order valence-corrected chi connectivity index (χ0v) is 11.7. The molecule has 6 nitrogen and oxygen atoms in total. The van der Waals surface area contributed by atoms with Crippen molar-refractivity contribution in [2.75, 3.05) is 13.2 Å². The minimum absolute atomic E-state index is 0.151. The number of carbonyl (C=O) groups is 2. The van der Waals surface area contributed by atoms with Crippen molar-refractivity contribution in [3.8, 4) is 0 Å². The van der Waals surface area contributed by atoms with Crippen LogP contribution in [0.25, 0.3) is 0 Å². The van der Waals surface area contributed by atoms with E-state index in [4.69, 9.17) is 9.84 Å². The lowest BCUT2D eigenvalue weighted by atomic mass is 10.2. The van der Waals surface area contributed by atoms with Crippen LogP contribution < -0.4 is 10.6 Å². The Kier molecular flexibility index (Phi) is 5.35. The number of carbonyl (C=O) groups excluding carboxylic acids is 2. The summed E-state index contributed by atoms with van der Waals surface area (Å²) < 4.78 is 5.00. The highest BCUT2D eigenvalue weighted by Crippen LogP contribution is 2.27. The molecule has 0 aromatic carbocycles. The van der Waals surface area contributed by atoms with Gasteiger partial charge in [0, 0.05) is 0 Å². The Labute approximate surface area is 113 Å². The Morgan fingerprint density at radius 2 is 2.05 bits per heavy atom. The first-order valence-corrected chi connectivity index (χ1v) is 6.37. The quantitative estimate of drug-likeness (QED) is 0.642. The first kappa shape index (κ1) is 15.5. The summed E-state index contributed by atoms with van der Waals surface area (Å²) in [6, 6.07) is -0.384. The summed E-state index contributed by atoms with van der Waals surface area (Å²) in [7, 11) is 0. The molecule has 0 bridgehead atoms. The summed E-state index contributed by atoms with van der Waals surface area (Å²) in [6.07, 6.45) is 3.28. The molecule has 0 aromatic rings. The van der Waals surface area contributed by atoms with Gasteiger partial charge in [0.05, 0.1) is 12.6 Å². The van der Waals surface area contributed by atoms with Gasteiger partial charge in [-0.2, -0.15) is 0 Å². The van der Waals surface area contributed by atoms with E-state index in [0.717, 1.165) is 12.8 Å². The van der Waals surface area contributed by atoms with Crippen molar-refractivity contribution in [3.63, 3.8) is 0 Å². The predicted molar refractivity (Wildman–Crippen MR) is 70.6 cm³/mol. The number of alkyl carbamates (subject to hydrolysis) is 1. The van der Waals surface area contributed by atoms with Gasteiger partial charge >= 0.3 is 6.09 Å². The number of rotatable bonds is 5. The lowest BCUT2D eigenvalue weighted by Crippen LogP contribution is -2.43. The van der Waals surface area contributed by atoms with E-state index < -0.39 is 11.7 Å². The molecule has 108 valence electrons. The standard InChI is InChI=1S/C13H22N2O4/c1-13(2,3)19-12(18)14-7-11(17)15-10(8-16)6-9-4-5-9/h6,10,16H,4-5,7-8H2,1-3H3,(H,14,18)(H,15,17). The van der Waals surface area contributed by atoms with Crippen molar-refractivity contribution in [1.82, 2.24) is 10.6 Å². The third kappa shape index (κ3) is 7.46. The number of hydrogen-bond donors (Lipinski definition) is 3. The maximum atomic E-state index is 11.6. The zero-order valence-electron chi connectivity index (χ0n) is 11.7. The van der Waals surface area contributed by atoms with Gasteiger partial charge in [-0.3, -0.25) is 4.79 Å². The molecule has 3 N–H and O–H groups in total. The predicted octanol–water partition coefficient (Wildman–Crippen LogP) is 0.708. The van der Waals surface area contributed by atoms with Gasteiger partial charge in [-0.15, -0.1) is 0 Å². The Morgan fingerprint density at radius 1 is 1.42 bits per heavy atom. The highest BCUT2D eigenvalue weighted by Gasteiger charge is 2.18. The highest BCUT2D eigenvalue weighted by molar-refractivity contribution is 5.82. The fraction of sp³-hybridized carbons (Fsp3) is 0.692. The van der Waals surface area contributed by atoms with Crippen molar-refractivity contribution >= 4 is 12.0 Å². The maximum Gasteiger partial charge on any atom is 0.408 e. The van der Waals surface area contributed by atoms with Crippen LogP contribution in [0.15, 0.2) is 11.6 Å². The SMILES string of the molecule is CC(C)(C)OC(=O)NCC(=O)NC(C=C1CC1)CO. The fourth-order valence-electron chi connectivity index (χ4n) is 1.39. The molecule has 0 aliphatic heterocycles. The van der Waals surface area contributed by atoms with Gasteiger partial charge in [0.15, 0.2) is 0 Å². The van der Waals surface area contributed by atoms with Gasteiger partial charge in [0.1, 0.15) is 12.1 Å². The topological polar surface area (TPSA) is 87.7 Å². The Balaban J connectivity index is 2.26. The average Bonchev–Trinajstić information content (AvgIpc) is 3.07. The lowest BCUT2D eigenvalue weighted by molar-refractivity contribution is -0.120. The smallest absolute Gasteiger partial charge is 0.408 e. The maximum absolute atomic E-state index is 11.6. The molecule has 1 rings (SSSR count). The molecule has 2 amide bonds. The van der Waals surface area contributed by atoms with Crippen molar-refractivity contribution in [2.45, 2.75) is 45.3 Å². The van der Waals surface area contributed by atoms with Crippen LogP contribution in [0.2, 0.25) is 0 Å². The van der Waals surface area contributed by atoms with Crippen molar-refractivity contribution in [2.24, 2.45) is 0 Å². The van der Waals surface area contributed by atoms with Crippen LogP contribution in [0.4, 0.5) is 4.79 Å². The van der Waals surface area contributed by atoms with Gasteiger partial charge < -0.3 is 20.5 Å². The molecule has 0 spiro atoms. The van der Waals surface area contributed by atoms with Crippen LogP contribution in [0.5, 0.6) is 0 Å². The first-order chi connectivity index (χ1) is 8.80. The summed E-state index contributed by atoms with van der Waals surface area (Å²) in [5, 5.41) is 14.1. The van der Waals surface area contributed by atoms with Gasteiger partial charge in [0.25, 0.3) is 0 Å². The number of ether oxygens (including phenoxy) is 1. The van der Waals surface area contributed by atoms with Crippen molar-refractivity contribution in [3.05, 3.63) is 11.6 Å². The molecule has 1 unspecified atom stereocenters. The summed E-state index contributed by atoms with van der Waals surface area (Å²) in [4.78, 5) is 22.9. The summed E-state index contributed by atoms with van der Waals surface area (Å²) in [5.74, 6) is -0.359. The summed E-state index contributed by atoms with van der Waals surface area (Å²) in [5.41, 5.74) is 0.643. The molecule has 0 aromatic heterocycles. The van der Waals surface area contributed by atoms with Crippen LogP contribution in [0, 0.1) is 0 Å². The average molecular weight is 270 g/mol. The van der Waals surface area contributed by atoms with E-state index in [2.05, 4.69) is 10.6 Å². The fourth-order valence-corrected chi connectivity index (χ4v) is 1.39. The molecule has 0 heterocycles. The Hall–Kier alpha value is -1.56. The van der Waals surface area contributed by atoms with Gasteiger partial charge in [0.2, 0.25) is 5.91 Å². The molecule has 6 heteroatoms. The second kappa shape index (κ2) is 6.56. The van der Waals surface area contributed by atoms with Gasteiger partial charge in [-0.25, -0.2) is 4.79 Å². The van der Waals surface area contributed by atoms with Gasteiger partial charge in [-0.05, 0) is 33.6 Å². The molecule has 19 heavy (non-hydrogen) atoms. The van der Waals surface area contributed by atoms with Crippen LogP contribution >= 0.6 is 0 Å². The number of hydrogen-bond acceptors (Lipinski definition) is 4. The minimum atomic E-state index is -0.635. The molecule has 1 aliphatic rings. The van der Waals surface area contributed by atoms with E-state index in [0.29, 0.717) is 0 Å². The van der Waals surface area contributed by atoms with Crippen LogP contribution in [0.1, 0.15) is 33.6 Å². The highest BCUT2D eigenvalue weighted by atomic mass is 16.6. The van der Waals surface area contributed by atoms with Crippen LogP contribution in [-0.4, -0.2) is 41.9 Å². The Morgan fingerprint density at radius 3 is 2.53 bits per heavy atom. The molecule has 1 fully saturated rings. The lowest BCUT2D eigenvalue weighted by Gasteiger charge is -2.19. The number of allylic oxidation sites excluding steroid dienone is 1. The molecular formula is C13H22N2O4. The minimum Gasteiger partial charge on any atom is -0.444 e. The third-order valence-corrected chi connectivity index (χ3v) is 2.31. The Bertz CT molecular complexity index is 365. The first-order valence-electron chi connectivity index (χ1n) is 6.37. The molecule has 1 aliphatic carbocycles.